The van der Waals surface area contributed by atoms with Crippen molar-refractivity contribution in [3.63, 3.8) is 0 Å². The van der Waals surface area contributed by atoms with Crippen molar-refractivity contribution < 1.29 is 14.1 Å². The van der Waals surface area contributed by atoms with E-state index >= 15 is 0 Å². The average molecular weight is 239 g/mol. The van der Waals surface area contributed by atoms with E-state index in [0.717, 1.165) is 0 Å². The molecule has 0 saturated heterocycles. The molecule has 0 fully saturated rings. The van der Waals surface area contributed by atoms with Crippen LogP contribution in [0.2, 0.25) is 0 Å². The van der Waals surface area contributed by atoms with Crippen LogP contribution in [0, 0.1) is 6.92 Å². The zero-order chi connectivity index (χ0) is 13.2. The fraction of sp³-hybridized carbons (Fsp3) is 0.545. The second kappa shape index (κ2) is 4.57. The maximum absolute atomic E-state index is 11.7. The largest absolute Gasteiger partial charge is 0.443 e. The average Bonchev–Trinajstić information content (AvgIpc) is 2.60. The lowest BCUT2D eigenvalue weighted by atomic mass is 10.2. The number of nitrogens with zero attached hydrogens (tertiary/aromatic N) is 3. The first-order valence-corrected chi connectivity index (χ1v) is 5.17. The van der Waals surface area contributed by atoms with Crippen LogP contribution in [0.1, 0.15) is 32.5 Å². The molecule has 1 heterocycles. The van der Waals surface area contributed by atoms with E-state index < -0.39 is 11.7 Å². The number of aryl methyl sites for hydroxylation is 1. The van der Waals surface area contributed by atoms with Gasteiger partial charge in [-0.25, -0.2) is 4.79 Å². The second-order valence-corrected chi connectivity index (χ2v) is 4.63. The Morgan fingerprint density at radius 2 is 2.06 bits per heavy atom. The maximum Gasteiger partial charge on any atom is 0.414 e. The predicted octanol–water partition coefficient (Wildman–Crippen LogP) is 2.22. The van der Waals surface area contributed by atoms with Gasteiger partial charge in [-0.3, -0.25) is 4.90 Å². The third-order valence-electron chi connectivity index (χ3n) is 1.85. The van der Waals surface area contributed by atoms with Crippen molar-refractivity contribution in [3.8, 4) is 0 Å². The van der Waals surface area contributed by atoms with Gasteiger partial charge < -0.3 is 9.26 Å². The Hall–Kier alpha value is -1.85. The lowest BCUT2D eigenvalue weighted by Gasteiger charge is -2.24. The lowest BCUT2D eigenvalue weighted by Crippen LogP contribution is -2.33. The molecular formula is C11H17N3O3. The van der Waals surface area contributed by atoms with Crippen molar-refractivity contribution in [1.82, 2.24) is 15.0 Å². The topological polar surface area (TPSA) is 68.5 Å². The summed E-state index contributed by atoms with van der Waals surface area (Å²) in [6.07, 6.45) is -0.515. The molecule has 94 valence electrons. The van der Waals surface area contributed by atoms with E-state index in [0.29, 0.717) is 11.5 Å². The Labute approximate surface area is 100 Å². The summed E-state index contributed by atoms with van der Waals surface area (Å²) in [6.45, 7) is 10.8. The minimum Gasteiger partial charge on any atom is -0.443 e. The molecule has 0 atom stereocenters. The lowest BCUT2D eigenvalue weighted by molar-refractivity contribution is 0.0385. The van der Waals surface area contributed by atoms with Gasteiger partial charge in [0.05, 0.1) is 0 Å². The van der Waals surface area contributed by atoms with Crippen molar-refractivity contribution >= 4 is 11.8 Å². The standard InChI is InChI=1S/C11H17N3O3/c1-7(9-12-8(2)13-17-9)14(6)10(15)16-11(3,4)5/h1H2,2-6H3. The van der Waals surface area contributed by atoms with Gasteiger partial charge >= 0.3 is 6.09 Å². The number of carbonyl (C=O) groups is 1. The number of aromatic nitrogens is 2. The van der Waals surface area contributed by atoms with E-state index in [4.69, 9.17) is 9.26 Å². The summed E-state index contributed by atoms with van der Waals surface area (Å²) in [5, 5.41) is 3.63. The van der Waals surface area contributed by atoms with Crippen LogP contribution < -0.4 is 0 Å². The van der Waals surface area contributed by atoms with Crippen molar-refractivity contribution in [2.45, 2.75) is 33.3 Å². The highest BCUT2D eigenvalue weighted by Gasteiger charge is 2.23. The molecule has 0 aliphatic rings. The second-order valence-electron chi connectivity index (χ2n) is 4.63. The number of rotatable bonds is 2. The molecule has 17 heavy (non-hydrogen) atoms. The molecule has 0 aliphatic carbocycles. The first kappa shape index (κ1) is 13.2. The van der Waals surface area contributed by atoms with Gasteiger partial charge in [0.15, 0.2) is 5.82 Å². The zero-order valence-electron chi connectivity index (χ0n) is 10.8. The third-order valence-corrected chi connectivity index (χ3v) is 1.85. The molecule has 1 aromatic rings. The molecule has 0 unspecified atom stereocenters. The van der Waals surface area contributed by atoms with Gasteiger partial charge in [0.25, 0.3) is 5.89 Å². The highest BCUT2D eigenvalue weighted by Crippen LogP contribution is 2.17. The zero-order valence-corrected chi connectivity index (χ0v) is 10.8. The molecule has 6 heteroatoms. The smallest absolute Gasteiger partial charge is 0.414 e. The number of amides is 1. The molecule has 0 aliphatic heterocycles. The van der Waals surface area contributed by atoms with Crippen LogP contribution in [0.4, 0.5) is 4.79 Å². The van der Waals surface area contributed by atoms with E-state index in [-0.39, 0.29) is 5.89 Å². The SMILES string of the molecule is C=C(c1nc(C)no1)N(C)C(=O)OC(C)(C)C. The van der Waals surface area contributed by atoms with Gasteiger partial charge in [-0.15, -0.1) is 0 Å². The molecule has 0 spiro atoms. The summed E-state index contributed by atoms with van der Waals surface area (Å²) in [4.78, 5) is 17.0. The summed E-state index contributed by atoms with van der Waals surface area (Å²) in [6, 6.07) is 0. The Bertz CT molecular complexity index is 431. The number of carbonyl (C=O) groups excluding carboxylic acids is 1. The summed E-state index contributed by atoms with van der Waals surface area (Å²) in [7, 11) is 1.54. The Kier molecular flexibility index (Phi) is 3.55. The quantitative estimate of drug-likeness (QED) is 0.791. The van der Waals surface area contributed by atoms with Crippen molar-refractivity contribution in [3.05, 3.63) is 18.3 Å². The number of ether oxygens (including phenoxy) is 1. The molecule has 0 N–H and O–H groups in total. The molecule has 1 amide bonds. The van der Waals surface area contributed by atoms with Crippen molar-refractivity contribution in [1.29, 1.82) is 0 Å². The van der Waals surface area contributed by atoms with E-state index in [2.05, 4.69) is 16.7 Å². The molecule has 0 radical (unpaired) electrons. The van der Waals surface area contributed by atoms with Crippen LogP contribution in [-0.2, 0) is 4.74 Å². The molecular weight excluding hydrogens is 222 g/mol. The first-order chi connectivity index (χ1) is 7.70. The molecule has 1 aromatic heterocycles. The van der Waals surface area contributed by atoms with Gasteiger partial charge in [0, 0.05) is 7.05 Å². The minimum absolute atomic E-state index is 0.204. The van der Waals surface area contributed by atoms with E-state index in [1.807, 2.05) is 0 Å². The van der Waals surface area contributed by atoms with Crippen LogP contribution >= 0.6 is 0 Å². The summed E-state index contributed by atoms with van der Waals surface area (Å²) < 4.78 is 10.1. The molecule has 6 nitrogen and oxygen atoms in total. The molecule has 0 aromatic carbocycles. The summed E-state index contributed by atoms with van der Waals surface area (Å²) in [5.74, 6) is 0.689. The highest BCUT2D eigenvalue weighted by molar-refractivity contribution is 5.79. The fourth-order valence-electron chi connectivity index (χ4n) is 0.998. The van der Waals surface area contributed by atoms with Crippen molar-refractivity contribution in [2.24, 2.45) is 0 Å². The monoisotopic (exact) mass is 239 g/mol. The van der Waals surface area contributed by atoms with Crippen LogP contribution in [0.5, 0.6) is 0 Å². The summed E-state index contributed by atoms with van der Waals surface area (Å²) in [5.41, 5.74) is -0.254. The highest BCUT2D eigenvalue weighted by atomic mass is 16.6. The number of hydrogen-bond acceptors (Lipinski definition) is 5. The van der Waals surface area contributed by atoms with Gasteiger partial charge in [0.1, 0.15) is 11.3 Å². The Morgan fingerprint density at radius 1 is 1.47 bits per heavy atom. The normalized spacial score (nSPS) is 11.1. The fourth-order valence-corrected chi connectivity index (χ4v) is 0.998. The van der Waals surface area contributed by atoms with Crippen molar-refractivity contribution in [2.75, 3.05) is 7.05 Å². The number of hydrogen-bond donors (Lipinski definition) is 0. The predicted molar refractivity (Wildman–Crippen MR) is 62.1 cm³/mol. The Morgan fingerprint density at radius 3 is 2.47 bits per heavy atom. The van der Waals surface area contributed by atoms with E-state index in [1.54, 1.807) is 27.7 Å². The van der Waals surface area contributed by atoms with E-state index in [1.165, 1.54) is 11.9 Å². The third kappa shape index (κ3) is 3.58. The van der Waals surface area contributed by atoms with Gasteiger partial charge in [-0.05, 0) is 27.7 Å². The van der Waals surface area contributed by atoms with Crippen LogP contribution in [0.15, 0.2) is 11.1 Å². The van der Waals surface area contributed by atoms with E-state index in [9.17, 15) is 4.79 Å². The summed E-state index contributed by atoms with van der Waals surface area (Å²) >= 11 is 0. The van der Waals surface area contributed by atoms with Crippen LogP contribution in [-0.4, -0.2) is 33.8 Å². The van der Waals surface area contributed by atoms with Gasteiger partial charge in [-0.1, -0.05) is 11.7 Å². The molecule has 0 bridgehead atoms. The maximum atomic E-state index is 11.7. The van der Waals surface area contributed by atoms with Gasteiger partial charge in [-0.2, -0.15) is 4.98 Å². The molecule has 1 rings (SSSR count). The van der Waals surface area contributed by atoms with Gasteiger partial charge in [0.2, 0.25) is 0 Å². The van der Waals surface area contributed by atoms with Crippen LogP contribution in [0.25, 0.3) is 5.70 Å². The van der Waals surface area contributed by atoms with Crippen LogP contribution in [0.3, 0.4) is 0 Å². The molecule has 0 saturated carbocycles. The first-order valence-electron chi connectivity index (χ1n) is 5.17. The Balaban J connectivity index is 2.73. The minimum atomic E-state index is -0.559.